The summed E-state index contributed by atoms with van der Waals surface area (Å²) in [5, 5.41) is 6.58. The molecule has 2 nitrogen and oxygen atoms in total. The normalized spacial score (nSPS) is 7.40. The molecule has 0 radical (unpaired) electrons. The molecular formula is C2H7NOSi. The number of nitrogens with one attached hydrogen (secondary N) is 1. The molecule has 0 unspecified atom stereocenters. The molecule has 0 aliphatic heterocycles. The van der Waals surface area contributed by atoms with Crippen molar-refractivity contribution in [2.75, 3.05) is 7.11 Å². The molecule has 0 aromatic carbocycles. The van der Waals surface area contributed by atoms with Crippen LogP contribution in [0.3, 0.4) is 0 Å². The topological polar surface area (TPSA) is 33.1 Å². The Morgan fingerprint density at radius 1 is 2.00 bits per heavy atom. The summed E-state index contributed by atoms with van der Waals surface area (Å²) < 4.78 is 4.40. The highest BCUT2D eigenvalue weighted by atomic mass is 28.1. The number of hydrogen-bond acceptors (Lipinski definition) is 2. The van der Waals surface area contributed by atoms with E-state index < -0.39 is 0 Å². The van der Waals surface area contributed by atoms with Crippen molar-refractivity contribution >= 4 is 15.8 Å². The first kappa shape index (κ1) is 4.69. The molecule has 0 aliphatic rings. The van der Waals surface area contributed by atoms with Crippen molar-refractivity contribution in [1.82, 2.24) is 0 Å². The fraction of sp³-hybridized carbons (Fsp3) is 0.500. The summed E-state index contributed by atoms with van der Waals surface area (Å²) in [6.07, 6.45) is 0. The fourth-order valence-electron chi connectivity index (χ4n) is 0. The van der Waals surface area contributed by atoms with Crippen LogP contribution in [0.4, 0.5) is 0 Å². The summed E-state index contributed by atoms with van der Waals surface area (Å²) in [5.74, 6) is 0. The highest BCUT2D eigenvalue weighted by Gasteiger charge is 1.68. The van der Waals surface area contributed by atoms with Crippen LogP contribution in [0.1, 0.15) is 0 Å². The van der Waals surface area contributed by atoms with Crippen molar-refractivity contribution in [3.63, 3.8) is 0 Å². The third kappa shape index (κ3) is 3.69. The third-order valence-corrected chi connectivity index (χ3v) is 0.714. The first-order valence-electron chi connectivity index (χ1n) is 1.36. The molecule has 0 fully saturated rings. The van der Waals surface area contributed by atoms with Gasteiger partial charge in [-0.25, -0.2) is 0 Å². The maximum atomic E-state index is 6.58. The van der Waals surface area contributed by atoms with Crippen molar-refractivity contribution in [3.05, 3.63) is 0 Å². The molecule has 0 amide bonds. The average Bonchev–Trinajstić information content (AvgIpc) is 1.38. The molecule has 0 rings (SSSR count). The minimum absolute atomic E-state index is 0.394. The largest absolute Gasteiger partial charge is 0.490 e. The van der Waals surface area contributed by atoms with Gasteiger partial charge in [0.05, 0.1) is 7.11 Å². The molecule has 0 spiro atoms. The van der Waals surface area contributed by atoms with Gasteiger partial charge in [0.25, 0.3) is 0 Å². The van der Waals surface area contributed by atoms with Gasteiger partial charge in [0.15, 0.2) is 0 Å². The summed E-state index contributed by atoms with van der Waals surface area (Å²) in [7, 11) is 2.24. The van der Waals surface area contributed by atoms with Gasteiger partial charge in [0.1, 0.15) is 15.8 Å². The third-order valence-electron chi connectivity index (χ3n) is 0.306. The first-order valence-corrected chi connectivity index (χ1v) is 2.36. The lowest BCUT2D eigenvalue weighted by Gasteiger charge is -1.86. The van der Waals surface area contributed by atoms with Gasteiger partial charge in [-0.1, -0.05) is 0 Å². The van der Waals surface area contributed by atoms with Gasteiger partial charge >= 0.3 is 0 Å². The van der Waals surface area contributed by atoms with E-state index >= 15 is 0 Å². The molecular weight excluding hydrogens is 82.1 g/mol. The van der Waals surface area contributed by atoms with Crippen molar-refractivity contribution in [1.29, 1.82) is 5.41 Å². The molecule has 0 heterocycles. The van der Waals surface area contributed by atoms with Gasteiger partial charge in [-0.15, -0.1) is 0 Å². The van der Waals surface area contributed by atoms with Crippen LogP contribution in [0, 0.1) is 5.41 Å². The van der Waals surface area contributed by atoms with Crippen molar-refractivity contribution in [2.24, 2.45) is 0 Å². The standard InChI is InChI=1S/C2H7NOSi/c1-4-2(3)5/h3H,1,5H3. The summed E-state index contributed by atoms with van der Waals surface area (Å²) in [6.45, 7) is 0. The molecule has 0 aromatic heterocycles. The summed E-state index contributed by atoms with van der Waals surface area (Å²) in [5.41, 5.74) is 0.394. The van der Waals surface area contributed by atoms with Crippen molar-refractivity contribution < 1.29 is 4.74 Å². The number of hydrogen-bond donors (Lipinski definition) is 1. The molecule has 0 atom stereocenters. The molecule has 0 aromatic rings. The summed E-state index contributed by atoms with van der Waals surface area (Å²) in [4.78, 5) is 0. The molecule has 1 N–H and O–H groups in total. The lowest BCUT2D eigenvalue weighted by atomic mass is 11.4. The zero-order valence-corrected chi connectivity index (χ0v) is 5.41. The molecule has 0 aliphatic carbocycles. The summed E-state index contributed by atoms with van der Waals surface area (Å²) in [6, 6.07) is 0. The predicted molar refractivity (Wildman–Crippen MR) is 24.7 cm³/mol. The van der Waals surface area contributed by atoms with Gasteiger partial charge in [0, 0.05) is 0 Å². The van der Waals surface area contributed by atoms with Crippen LogP contribution >= 0.6 is 0 Å². The lowest BCUT2D eigenvalue weighted by molar-refractivity contribution is 0.411. The van der Waals surface area contributed by atoms with Crippen LogP contribution in [-0.2, 0) is 4.74 Å². The van der Waals surface area contributed by atoms with Crippen molar-refractivity contribution in [2.45, 2.75) is 0 Å². The highest BCUT2D eigenvalue weighted by Crippen LogP contribution is 1.55. The second kappa shape index (κ2) is 1.96. The minimum atomic E-state index is 0.394. The lowest BCUT2D eigenvalue weighted by Crippen LogP contribution is -1.94. The van der Waals surface area contributed by atoms with E-state index in [0.717, 1.165) is 10.2 Å². The first-order chi connectivity index (χ1) is 2.27. The fourth-order valence-corrected chi connectivity index (χ4v) is 0. The van der Waals surface area contributed by atoms with Crippen LogP contribution in [-0.4, -0.2) is 22.9 Å². The van der Waals surface area contributed by atoms with E-state index in [1.165, 1.54) is 7.11 Å². The van der Waals surface area contributed by atoms with E-state index in [1.54, 1.807) is 0 Å². The Hall–Kier alpha value is -0.313. The number of rotatable bonds is 0. The Labute approximate surface area is 34.1 Å². The number of ether oxygens (including phenoxy) is 1. The van der Waals surface area contributed by atoms with E-state index in [4.69, 9.17) is 5.41 Å². The Balaban J connectivity index is 2.85. The van der Waals surface area contributed by atoms with E-state index in [-0.39, 0.29) is 0 Å². The highest BCUT2D eigenvalue weighted by molar-refractivity contribution is 6.55. The zero-order valence-electron chi connectivity index (χ0n) is 3.41. The number of methoxy groups -OCH3 is 1. The van der Waals surface area contributed by atoms with Gasteiger partial charge in [-0.05, 0) is 0 Å². The van der Waals surface area contributed by atoms with E-state index in [2.05, 4.69) is 4.74 Å². The van der Waals surface area contributed by atoms with Crippen LogP contribution < -0.4 is 0 Å². The summed E-state index contributed by atoms with van der Waals surface area (Å²) >= 11 is 0. The average molecular weight is 89.2 g/mol. The molecule has 30 valence electrons. The second-order valence-electron chi connectivity index (χ2n) is 0.760. The van der Waals surface area contributed by atoms with Crippen molar-refractivity contribution in [3.8, 4) is 0 Å². The van der Waals surface area contributed by atoms with Crippen LogP contribution in [0.2, 0.25) is 0 Å². The molecule has 5 heavy (non-hydrogen) atoms. The Bertz CT molecular complexity index is 44.9. The Morgan fingerprint density at radius 2 is 2.20 bits per heavy atom. The Morgan fingerprint density at radius 3 is 2.20 bits per heavy atom. The SMILES string of the molecule is COC(=N)[SiH3]. The van der Waals surface area contributed by atoms with E-state index in [1.807, 2.05) is 0 Å². The zero-order chi connectivity index (χ0) is 4.28. The van der Waals surface area contributed by atoms with Crippen LogP contribution in [0.25, 0.3) is 0 Å². The molecule has 3 heteroatoms. The van der Waals surface area contributed by atoms with Gasteiger partial charge in [0.2, 0.25) is 0 Å². The van der Waals surface area contributed by atoms with Gasteiger partial charge in [-0.3, -0.25) is 5.41 Å². The molecule has 0 saturated carbocycles. The predicted octanol–water partition coefficient (Wildman–Crippen LogP) is -1.07. The molecule has 0 bridgehead atoms. The smallest absolute Gasteiger partial charge is 0.140 e. The van der Waals surface area contributed by atoms with Gasteiger partial charge in [-0.2, -0.15) is 0 Å². The quantitative estimate of drug-likeness (QED) is 0.229. The minimum Gasteiger partial charge on any atom is -0.490 e. The Kier molecular flexibility index (Phi) is 1.84. The maximum Gasteiger partial charge on any atom is 0.140 e. The van der Waals surface area contributed by atoms with Crippen LogP contribution in [0.15, 0.2) is 0 Å². The maximum absolute atomic E-state index is 6.58. The van der Waals surface area contributed by atoms with E-state index in [0.29, 0.717) is 5.52 Å². The van der Waals surface area contributed by atoms with Gasteiger partial charge < -0.3 is 4.74 Å². The van der Waals surface area contributed by atoms with Crippen LogP contribution in [0.5, 0.6) is 0 Å². The molecule has 0 saturated heterocycles. The second-order valence-corrected chi connectivity index (χ2v) is 1.67. The monoisotopic (exact) mass is 89.0 g/mol. The van der Waals surface area contributed by atoms with E-state index in [9.17, 15) is 0 Å².